The molecule has 1 saturated heterocycles. The van der Waals surface area contributed by atoms with Crippen LogP contribution < -0.4 is 10.5 Å². The van der Waals surface area contributed by atoms with Gasteiger partial charge in [-0.25, -0.2) is 0 Å². The lowest BCUT2D eigenvalue weighted by molar-refractivity contribution is 0.201. The van der Waals surface area contributed by atoms with E-state index in [0.29, 0.717) is 6.04 Å². The van der Waals surface area contributed by atoms with Crippen LogP contribution in [0.2, 0.25) is 0 Å². The highest BCUT2D eigenvalue weighted by Crippen LogP contribution is 2.22. The summed E-state index contributed by atoms with van der Waals surface area (Å²) in [6.45, 7) is 6.23. The molecule has 2 rings (SSSR count). The van der Waals surface area contributed by atoms with Crippen LogP contribution in [0.25, 0.3) is 0 Å². The van der Waals surface area contributed by atoms with Gasteiger partial charge in [-0.05, 0) is 38.4 Å². The summed E-state index contributed by atoms with van der Waals surface area (Å²) in [7, 11) is 0. The number of nitrogens with two attached hydrogens (primary N) is 1. The van der Waals surface area contributed by atoms with Gasteiger partial charge in [-0.3, -0.25) is 4.90 Å². The van der Waals surface area contributed by atoms with Crippen LogP contribution in [-0.4, -0.2) is 30.6 Å². The molecule has 112 valence electrons. The minimum Gasteiger partial charge on any atom is -0.493 e. The van der Waals surface area contributed by atoms with Crippen LogP contribution in [0.4, 0.5) is 0 Å². The second kappa shape index (κ2) is 8.28. The molecule has 1 heterocycles. The Morgan fingerprint density at radius 2 is 1.95 bits per heavy atom. The van der Waals surface area contributed by atoms with Gasteiger partial charge in [0.1, 0.15) is 5.75 Å². The summed E-state index contributed by atoms with van der Waals surface area (Å²) in [5.41, 5.74) is 7.27. The maximum absolute atomic E-state index is 5.96. The fourth-order valence-corrected chi connectivity index (χ4v) is 2.66. The Morgan fingerprint density at radius 1 is 1.20 bits per heavy atom. The van der Waals surface area contributed by atoms with Gasteiger partial charge in [-0.1, -0.05) is 38.0 Å². The number of benzene rings is 1. The first-order valence-corrected chi connectivity index (χ1v) is 7.98. The van der Waals surface area contributed by atoms with Gasteiger partial charge < -0.3 is 10.5 Å². The zero-order valence-electron chi connectivity index (χ0n) is 12.7. The summed E-state index contributed by atoms with van der Waals surface area (Å²) in [5, 5.41) is 0. The van der Waals surface area contributed by atoms with Crippen LogP contribution >= 0.6 is 0 Å². The molecule has 0 atom stereocenters. The molecule has 1 aromatic rings. The summed E-state index contributed by atoms with van der Waals surface area (Å²) in [4.78, 5) is 2.48. The summed E-state index contributed by atoms with van der Waals surface area (Å²) in [6.07, 6.45) is 5.84. The smallest absolute Gasteiger partial charge is 0.123 e. The molecule has 3 nitrogen and oxygen atoms in total. The molecule has 0 bridgehead atoms. The molecule has 0 aromatic heterocycles. The van der Waals surface area contributed by atoms with Crippen molar-refractivity contribution in [3.63, 3.8) is 0 Å². The van der Waals surface area contributed by atoms with Crippen molar-refractivity contribution in [3.8, 4) is 5.75 Å². The molecule has 20 heavy (non-hydrogen) atoms. The molecule has 1 aliphatic heterocycles. The molecule has 0 saturated carbocycles. The number of para-hydroxylation sites is 1. The minimum atomic E-state index is 0.395. The van der Waals surface area contributed by atoms with E-state index in [2.05, 4.69) is 36.1 Å². The third-order valence-electron chi connectivity index (χ3n) is 4.00. The number of hydrogen-bond acceptors (Lipinski definition) is 3. The highest BCUT2D eigenvalue weighted by Gasteiger charge is 2.17. The number of nitrogens with zero attached hydrogens (tertiary/aromatic N) is 1. The van der Waals surface area contributed by atoms with Crippen molar-refractivity contribution in [2.45, 2.75) is 51.6 Å². The molecular weight excluding hydrogens is 248 g/mol. The van der Waals surface area contributed by atoms with E-state index in [1.165, 1.54) is 18.4 Å². The van der Waals surface area contributed by atoms with Gasteiger partial charge in [-0.2, -0.15) is 0 Å². The Labute approximate surface area is 123 Å². The largest absolute Gasteiger partial charge is 0.493 e. The zero-order chi connectivity index (χ0) is 14.2. The van der Waals surface area contributed by atoms with Crippen molar-refractivity contribution < 1.29 is 4.74 Å². The van der Waals surface area contributed by atoms with Crippen LogP contribution in [0.5, 0.6) is 5.75 Å². The van der Waals surface area contributed by atoms with Gasteiger partial charge in [0.2, 0.25) is 0 Å². The molecule has 2 N–H and O–H groups in total. The standard InChI is InChI=1S/C17H28N2O/c1-2-3-6-13-20-17-8-5-4-7-15(17)14-19-11-9-16(18)10-12-19/h4-5,7-8,16H,2-3,6,9-14,18H2,1H3. The molecule has 3 heteroatoms. The summed E-state index contributed by atoms with van der Waals surface area (Å²) in [5.74, 6) is 1.05. The Kier molecular flexibility index (Phi) is 6.34. The third-order valence-corrected chi connectivity index (χ3v) is 4.00. The van der Waals surface area contributed by atoms with E-state index in [0.717, 1.165) is 51.3 Å². The van der Waals surface area contributed by atoms with Crippen LogP contribution in [0.3, 0.4) is 0 Å². The van der Waals surface area contributed by atoms with Crippen molar-refractivity contribution in [3.05, 3.63) is 29.8 Å². The van der Waals surface area contributed by atoms with Crippen molar-refractivity contribution >= 4 is 0 Å². The fraction of sp³-hybridized carbons (Fsp3) is 0.647. The van der Waals surface area contributed by atoms with E-state index in [9.17, 15) is 0 Å². The van der Waals surface area contributed by atoms with E-state index >= 15 is 0 Å². The maximum atomic E-state index is 5.96. The number of hydrogen-bond donors (Lipinski definition) is 1. The van der Waals surface area contributed by atoms with Crippen LogP contribution in [0.15, 0.2) is 24.3 Å². The highest BCUT2D eigenvalue weighted by atomic mass is 16.5. The molecular formula is C17H28N2O. The van der Waals surface area contributed by atoms with E-state index in [-0.39, 0.29) is 0 Å². The Hall–Kier alpha value is -1.06. The molecule has 0 unspecified atom stereocenters. The minimum absolute atomic E-state index is 0.395. The Morgan fingerprint density at radius 3 is 2.70 bits per heavy atom. The summed E-state index contributed by atoms with van der Waals surface area (Å²) in [6, 6.07) is 8.83. The fourth-order valence-electron chi connectivity index (χ4n) is 2.66. The van der Waals surface area contributed by atoms with Gasteiger partial charge in [-0.15, -0.1) is 0 Å². The van der Waals surface area contributed by atoms with Gasteiger partial charge >= 0.3 is 0 Å². The van der Waals surface area contributed by atoms with Crippen LogP contribution in [0, 0.1) is 0 Å². The quantitative estimate of drug-likeness (QED) is 0.777. The predicted molar refractivity (Wildman–Crippen MR) is 83.9 cm³/mol. The first-order chi connectivity index (χ1) is 9.79. The molecule has 1 fully saturated rings. The second-order valence-electron chi connectivity index (χ2n) is 5.78. The average Bonchev–Trinajstić information content (AvgIpc) is 2.47. The SMILES string of the molecule is CCCCCOc1ccccc1CN1CCC(N)CC1. The lowest BCUT2D eigenvalue weighted by Gasteiger charge is -2.30. The van der Waals surface area contributed by atoms with Crippen molar-refractivity contribution in [2.75, 3.05) is 19.7 Å². The zero-order valence-corrected chi connectivity index (χ0v) is 12.7. The molecule has 1 aromatic carbocycles. The number of rotatable bonds is 7. The number of likely N-dealkylation sites (tertiary alicyclic amines) is 1. The van der Waals surface area contributed by atoms with Gasteiger partial charge in [0.25, 0.3) is 0 Å². The summed E-state index contributed by atoms with van der Waals surface area (Å²) < 4.78 is 5.95. The lowest BCUT2D eigenvalue weighted by atomic mass is 10.1. The molecule has 0 amide bonds. The van der Waals surface area contributed by atoms with E-state index in [4.69, 9.17) is 10.5 Å². The van der Waals surface area contributed by atoms with Crippen LogP contribution in [-0.2, 0) is 6.54 Å². The Bertz CT molecular complexity index is 386. The second-order valence-corrected chi connectivity index (χ2v) is 5.78. The highest BCUT2D eigenvalue weighted by molar-refractivity contribution is 5.33. The lowest BCUT2D eigenvalue weighted by Crippen LogP contribution is -2.39. The van der Waals surface area contributed by atoms with Crippen molar-refractivity contribution in [1.29, 1.82) is 0 Å². The first kappa shape index (κ1) is 15.3. The predicted octanol–water partition coefficient (Wildman–Crippen LogP) is 3.18. The monoisotopic (exact) mass is 276 g/mol. The topological polar surface area (TPSA) is 38.5 Å². The van der Waals surface area contributed by atoms with E-state index in [1.807, 2.05) is 0 Å². The van der Waals surface area contributed by atoms with Gasteiger partial charge in [0.05, 0.1) is 6.61 Å². The normalized spacial score (nSPS) is 17.3. The van der Waals surface area contributed by atoms with E-state index < -0.39 is 0 Å². The maximum Gasteiger partial charge on any atom is 0.123 e. The van der Waals surface area contributed by atoms with Crippen molar-refractivity contribution in [1.82, 2.24) is 4.90 Å². The van der Waals surface area contributed by atoms with Gasteiger partial charge in [0, 0.05) is 18.2 Å². The number of unbranched alkanes of at least 4 members (excludes halogenated alkanes) is 2. The van der Waals surface area contributed by atoms with Crippen LogP contribution in [0.1, 0.15) is 44.6 Å². The van der Waals surface area contributed by atoms with Crippen molar-refractivity contribution in [2.24, 2.45) is 5.73 Å². The molecule has 0 aliphatic carbocycles. The molecule has 0 spiro atoms. The van der Waals surface area contributed by atoms with Gasteiger partial charge in [0.15, 0.2) is 0 Å². The molecule has 0 radical (unpaired) electrons. The number of piperidine rings is 1. The summed E-state index contributed by atoms with van der Waals surface area (Å²) >= 11 is 0. The third kappa shape index (κ3) is 4.80. The average molecular weight is 276 g/mol. The first-order valence-electron chi connectivity index (χ1n) is 7.98. The Balaban J connectivity index is 1.86. The number of ether oxygens (including phenoxy) is 1. The van der Waals surface area contributed by atoms with E-state index in [1.54, 1.807) is 0 Å². The molecule has 1 aliphatic rings.